The van der Waals surface area contributed by atoms with Gasteiger partial charge in [0.25, 0.3) is 0 Å². The molecule has 8 heteroatoms. The monoisotopic (exact) mass is 423 g/mol. The number of esters is 1. The van der Waals surface area contributed by atoms with Crippen LogP contribution < -0.4 is 4.74 Å². The van der Waals surface area contributed by atoms with Crippen LogP contribution in [-0.2, 0) is 17.8 Å². The summed E-state index contributed by atoms with van der Waals surface area (Å²) in [6, 6.07) is 8.40. The highest BCUT2D eigenvalue weighted by molar-refractivity contribution is 7.09. The van der Waals surface area contributed by atoms with Crippen molar-refractivity contribution < 1.29 is 23.0 Å². The molecule has 28 heavy (non-hydrogen) atoms. The fraction of sp³-hybridized carbons (Fsp3) is 0.200. The van der Waals surface area contributed by atoms with Gasteiger partial charge in [0.2, 0.25) is 0 Å². The van der Waals surface area contributed by atoms with Crippen molar-refractivity contribution in [2.45, 2.75) is 20.0 Å². The van der Waals surface area contributed by atoms with Gasteiger partial charge in [-0.15, -0.1) is 11.3 Å². The zero-order valence-corrected chi connectivity index (χ0v) is 16.4. The lowest BCUT2D eigenvalue weighted by Crippen LogP contribution is -2.05. The summed E-state index contributed by atoms with van der Waals surface area (Å²) in [6.07, 6.45) is 0.381. The second-order valence-electron chi connectivity index (χ2n) is 5.80. The highest BCUT2D eigenvalue weighted by Crippen LogP contribution is 2.28. The molecule has 0 N–H and O–H groups in total. The molecule has 0 spiro atoms. The molecule has 3 rings (SSSR count). The van der Waals surface area contributed by atoms with Crippen LogP contribution in [0.1, 0.15) is 33.5 Å². The molecule has 0 fully saturated rings. The van der Waals surface area contributed by atoms with Crippen LogP contribution in [0.15, 0.2) is 41.8 Å². The Morgan fingerprint density at radius 3 is 2.75 bits per heavy atom. The van der Waals surface area contributed by atoms with Gasteiger partial charge in [-0.05, 0) is 37.3 Å². The number of carbonyl (C=O) groups excluding carboxylic acids is 1. The van der Waals surface area contributed by atoms with Crippen molar-refractivity contribution in [1.82, 2.24) is 4.98 Å². The van der Waals surface area contributed by atoms with E-state index in [1.165, 1.54) is 23.5 Å². The normalized spacial score (nSPS) is 10.7. The lowest BCUT2D eigenvalue weighted by molar-refractivity contribution is 0.0520. The average Bonchev–Trinajstić information content (AvgIpc) is 3.11. The lowest BCUT2D eigenvalue weighted by atomic mass is 10.1. The third kappa shape index (κ3) is 5.05. The van der Waals surface area contributed by atoms with E-state index >= 15 is 0 Å². The molecule has 1 aromatic heterocycles. The van der Waals surface area contributed by atoms with Crippen molar-refractivity contribution in [2.75, 3.05) is 6.61 Å². The molecular weight excluding hydrogens is 408 g/mol. The van der Waals surface area contributed by atoms with Gasteiger partial charge in [0, 0.05) is 34.0 Å². The Labute approximate surface area is 169 Å². The Kier molecular flexibility index (Phi) is 6.59. The number of ether oxygens (including phenoxy) is 2. The molecule has 0 unspecified atom stereocenters. The number of halogens is 3. The number of rotatable bonds is 7. The van der Waals surface area contributed by atoms with Crippen molar-refractivity contribution in [2.24, 2.45) is 0 Å². The van der Waals surface area contributed by atoms with E-state index in [-0.39, 0.29) is 24.5 Å². The van der Waals surface area contributed by atoms with E-state index in [0.717, 1.165) is 11.6 Å². The minimum Gasteiger partial charge on any atom is -0.488 e. The molecule has 0 saturated carbocycles. The molecule has 3 aromatic rings. The van der Waals surface area contributed by atoms with Gasteiger partial charge in [-0.25, -0.2) is 18.6 Å². The Balaban J connectivity index is 1.76. The predicted molar refractivity (Wildman–Crippen MR) is 103 cm³/mol. The van der Waals surface area contributed by atoms with E-state index in [2.05, 4.69) is 4.98 Å². The minimum atomic E-state index is -0.672. The topological polar surface area (TPSA) is 48.4 Å². The number of hydrogen-bond acceptors (Lipinski definition) is 5. The summed E-state index contributed by atoms with van der Waals surface area (Å²) in [4.78, 5) is 16.0. The van der Waals surface area contributed by atoms with Crippen LogP contribution in [0.5, 0.6) is 5.75 Å². The summed E-state index contributed by atoms with van der Waals surface area (Å²) < 4.78 is 37.5. The maximum absolute atomic E-state index is 13.8. The minimum absolute atomic E-state index is 0.0628. The zero-order valence-electron chi connectivity index (χ0n) is 14.9. The number of thiazole rings is 1. The molecule has 1 heterocycles. The first-order chi connectivity index (χ1) is 13.5. The second-order valence-corrected chi connectivity index (χ2v) is 7.18. The van der Waals surface area contributed by atoms with Crippen molar-refractivity contribution in [3.05, 3.63) is 80.3 Å². The van der Waals surface area contributed by atoms with Crippen molar-refractivity contribution in [3.63, 3.8) is 0 Å². The smallest absolute Gasteiger partial charge is 0.357 e. The van der Waals surface area contributed by atoms with Gasteiger partial charge >= 0.3 is 5.97 Å². The van der Waals surface area contributed by atoms with E-state index in [1.54, 1.807) is 30.5 Å². The second kappa shape index (κ2) is 9.12. The molecule has 0 amide bonds. The van der Waals surface area contributed by atoms with Crippen LogP contribution in [0, 0.1) is 11.6 Å². The fourth-order valence-electron chi connectivity index (χ4n) is 2.48. The first-order valence-corrected chi connectivity index (χ1v) is 9.68. The highest BCUT2D eigenvalue weighted by Gasteiger charge is 2.14. The van der Waals surface area contributed by atoms with Gasteiger partial charge in [0.05, 0.1) is 11.6 Å². The standard InChI is InChI=1S/C20H16ClF2NO3S/c1-2-26-20(25)17-11-28-19(24-17)8-13-7-14(21)4-6-18(13)27-10-12-3-5-15(22)9-16(12)23/h3-7,9,11H,2,8,10H2,1H3. The Bertz CT molecular complexity index is 993. The Morgan fingerprint density at radius 1 is 1.18 bits per heavy atom. The zero-order chi connectivity index (χ0) is 20.1. The largest absolute Gasteiger partial charge is 0.488 e. The summed E-state index contributed by atoms with van der Waals surface area (Å²) in [7, 11) is 0. The lowest BCUT2D eigenvalue weighted by Gasteiger charge is -2.12. The van der Waals surface area contributed by atoms with Crippen LogP contribution in [0.3, 0.4) is 0 Å². The van der Waals surface area contributed by atoms with Crippen molar-refractivity contribution in [3.8, 4) is 5.75 Å². The van der Waals surface area contributed by atoms with E-state index in [4.69, 9.17) is 21.1 Å². The molecule has 0 bridgehead atoms. The van der Waals surface area contributed by atoms with E-state index in [1.807, 2.05) is 0 Å². The van der Waals surface area contributed by atoms with Crippen LogP contribution in [0.25, 0.3) is 0 Å². The van der Waals surface area contributed by atoms with Gasteiger partial charge < -0.3 is 9.47 Å². The summed E-state index contributed by atoms with van der Waals surface area (Å²) in [5.41, 5.74) is 1.22. The number of carbonyl (C=O) groups is 1. The molecule has 0 aliphatic rings. The van der Waals surface area contributed by atoms with E-state index in [9.17, 15) is 13.6 Å². The molecule has 0 saturated heterocycles. The van der Waals surface area contributed by atoms with E-state index in [0.29, 0.717) is 22.2 Å². The van der Waals surface area contributed by atoms with Gasteiger partial charge in [-0.3, -0.25) is 0 Å². The van der Waals surface area contributed by atoms with Crippen LogP contribution in [0.4, 0.5) is 8.78 Å². The predicted octanol–water partition coefficient (Wildman–Crippen LogP) is 5.42. The first-order valence-electron chi connectivity index (χ1n) is 8.43. The fourth-order valence-corrected chi connectivity index (χ4v) is 3.46. The van der Waals surface area contributed by atoms with Crippen LogP contribution in [-0.4, -0.2) is 17.6 Å². The van der Waals surface area contributed by atoms with E-state index < -0.39 is 17.6 Å². The van der Waals surface area contributed by atoms with Gasteiger partial charge in [0.15, 0.2) is 5.69 Å². The molecule has 146 valence electrons. The highest BCUT2D eigenvalue weighted by atomic mass is 35.5. The van der Waals surface area contributed by atoms with Gasteiger partial charge in [0.1, 0.15) is 24.0 Å². The molecule has 0 atom stereocenters. The quantitative estimate of drug-likeness (QED) is 0.476. The van der Waals surface area contributed by atoms with Crippen LogP contribution in [0.2, 0.25) is 5.02 Å². The summed E-state index contributed by atoms with van der Waals surface area (Å²) in [5, 5.41) is 2.83. The van der Waals surface area contributed by atoms with Gasteiger partial charge in [-0.2, -0.15) is 0 Å². The maximum atomic E-state index is 13.8. The Morgan fingerprint density at radius 2 is 2.00 bits per heavy atom. The molecule has 0 aliphatic carbocycles. The van der Waals surface area contributed by atoms with Crippen molar-refractivity contribution >= 4 is 28.9 Å². The van der Waals surface area contributed by atoms with Crippen LogP contribution >= 0.6 is 22.9 Å². The molecule has 0 radical (unpaired) electrons. The third-order valence-electron chi connectivity index (χ3n) is 3.80. The first kappa shape index (κ1) is 20.2. The van der Waals surface area contributed by atoms with Crippen molar-refractivity contribution in [1.29, 1.82) is 0 Å². The third-order valence-corrected chi connectivity index (χ3v) is 4.88. The SMILES string of the molecule is CCOC(=O)c1csc(Cc2cc(Cl)ccc2OCc2ccc(F)cc2F)n1. The number of hydrogen-bond donors (Lipinski definition) is 0. The number of benzene rings is 2. The number of nitrogens with zero attached hydrogens (tertiary/aromatic N) is 1. The molecule has 4 nitrogen and oxygen atoms in total. The summed E-state index contributed by atoms with van der Waals surface area (Å²) in [6.45, 7) is 1.94. The molecule has 2 aromatic carbocycles. The summed E-state index contributed by atoms with van der Waals surface area (Å²) in [5.74, 6) is -1.29. The molecular formula is C20H16ClF2NO3S. The number of aromatic nitrogens is 1. The summed E-state index contributed by atoms with van der Waals surface area (Å²) >= 11 is 7.41. The molecule has 0 aliphatic heterocycles. The Hall–Kier alpha value is -2.51. The maximum Gasteiger partial charge on any atom is 0.357 e. The average molecular weight is 424 g/mol. The van der Waals surface area contributed by atoms with Gasteiger partial charge in [-0.1, -0.05) is 11.6 Å².